The highest BCUT2D eigenvalue weighted by Crippen LogP contribution is 2.49. The van der Waals surface area contributed by atoms with E-state index in [1.54, 1.807) is 11.1 Å². The largest absolute Gasteiger partial charge is 0.306 e. The van der Waals surface area contributed by atoms with Crippen LogP contribution in [-0.2, 0) is 0 Å². The van der Waals surface area contributed by atoms with Crippen LogP contribution in [0.25, 0.3) is 0 Å². The van der Waals surface area contributed by atoms with Crippen molar-refractivity contribution in [3.63, 3.8) is 0 Å². The first-order valence-electron chi connectivity index (χ1n) is 6.46. The number of fused-ring (bicyclic) bond motifs is 3. The van der Waals surface area contributed by atoms with Crippen LogP contribution in [-0.4, -0.2) is 25.0 Å². The zero-order chi connectivity index (χ0) is 11.3. The number of likely N-dealkylation sites (tertiary alicyclic amines) is 1. The Bertz CT molecular complexity index is 410. The van der Waals surface area contributed by atoms with Crippen molar-refractivity contribution < 1.29 is 0 Å². The molecule has 1 aliphatic carbocycles. The minimum Gasteiger partial charge on any atom is -0.306 e. The molecular formula is C15H21N. The van der Waals surface area contributed by atoms with Gasteiger partial charge in [-0.05, 0) is 49.9 Å². The van der Waals surface area contributed by atoms with E-state index in [0.29, 0.717) is 0 Å². The lowest BCUT2D eigenvalue weighted by molar-refractivity contribution is 0.187. The van der Waals surface area contributed by atoms with Crippen LogP contribution in [0.1, 0.15) is 41.9 Å². The molecule has 1 aromatic carbocycles. The van der Waals surface area contributed by atoms with Crippen molar-refractivity contribution in [1.82, 2.24) is 4.90 Å². The van der Waals surface area contributed by atoms with Gasteiger partial charge < -0.3 is 4.90 Å². The average Bonchev–Trinajstić information content (AvgIpc) is 2.52. The molecule has 1 heterocycles. The predicted molar refractivity (Wildman–Crippen MR) is 67.9 cm³/mol. The molecule has 0 spiro atoms. The van der Waals surface area contributed by atoms with Crippen molar-refractivity contribution in [2.45, 2.75) is 32.1 Å². The van der Waals surface area contributed by atoms with Crippen molar-refractivity contribution in [3.05, 3.63) is 34.9 Å². The standard InChI is InChI=1S/C15H21N/c1-10-4-5-12-11(2)13-6-7-16(3)9-15(13)14(12)8-10/h4-5,8,11,13,15H,6-7,9H2,1-3H3. The molecule has 0 saturated carbocycles. The molecule has 1 heteroatoms. The van der Waals surface area contributed by atoms with Gasteiger partial charge in [-0.25, -0.2) is 0 Å². The molecule has 1 aliphatic heterocycles. The van der Waals surface area contributed by atoms with E-state index in [2.05, 4.69) is 44.0 Å². The Hall–Kier alpha value is -0.820. The maximum absolute atomic E-state index is 2.49. The molecule has 0 aromatic heterocycles. The third-order valence-corrected chi connectivity index (χ3v) is 4.64. The topological polar surface area (TPSA) is 3.24 Å². The molecule has 0 amide bonds. The molecule has 1 saturated heterocycles. The number of rotatable bonds is 0. The molecule has 1 nitrogen and oxygen atoms in total. The van der Waals surface area contributed by atoms with Gasteiger partial charge >= 0.3 is 0 Å². The summed E-state index contributed by atoms with van der Waals surface area (Å²) in [4.78, 5) is 2.49. The summed E-state index contributed by atoms with van der Waals surface area (Å²) in [7, 11) is 2.26. The van der Waals surface area contributed by atoms with Crippen LogP contribution in [0.4, 0.5) is 0 Å². The van der Waals surface area contributed by atoms with E-state index in [4.69, 9.17) is 0 Å². The first-order chi connectivity index (χ1) is 7.66. The van der Waals surface area contributed by atoms with Crippen LogP contribution >= 0.6 is 0 Å². The lowest BCUT2D eigenvalue weighted by Crippen LogP contribution is -2.35. The summed E-state index contributed by atoms with van der Waals surface area (Å²) in [6, 6.07) is 7.07. The maximum atomic E-state index is 2.49. The molecular weight excluding hydrogens is 194 g/mol. The van der Waals surface area contributed by atoms with Crippen LogP contribution in [0.3, 0.4) is 0 Å². The zero-order valence-corrected chi connectivity index (χ0v) is 10.5. The van der Waals surface area contributed by atoms with Crippen LogP contribution in [0.15, 0.2) is 18.2 Å². The Kier molecular flexibility index (Phi) is 2.32. The van der Waals surface area contributed by atoms with E-state index in [1.807, 2.05) is 0 Å². The van der Waals surface area contributed by atoms with E-state index >= 15 is 0 Å². The maximum Gasteiger partial charge on any atom is 0.00502 e. The normalized spacial score (nSPS) is 33.6. The van der Waals surface area contributed by atoms with Gasteiger partial charge in [0, 0.05) is 12.5 Å². The highest BCUT2D eigenvalue weighted by Gasteiger charge is 2.40. The molecule has 2 aliphatic rings. The van der Waals surface area contributed by atoms with Gasteiger partial charge in [-0.15, -0.1) is 0 Å². The first-order valence-corrected chi connectivity index (χ1v) is 6.46. The molecule has 3 rings (SSSR count). The second-order valence-electron chi connectivity index (χ2n) is 5.74. The number of aryl methyl sites for hydroxylation is 1. The van der Waals surface area contributed by atoms with E-state index in [9.17, 15) is 0 Å². The number of hydrogen-bond acceptors (Lipinski definition) is 1. The van der Waals surface area contributed by atoms with Crippen molar-refractivity contribution >= 4 is 0 Å². The van der Waals surface area contributed by atoms with Crippen LogP contribution in [0, 0.1) is 12.8 Å². The number of hydrogen-bond donors (Lipinski definition) is 0. The second kappa shape index (κ2) is 3.59. The Labute approximate surface area is 98.5 Å². The molecule has 3 unspecified atom stereocenters. The van der Waals surface area contributed by atoms with E-state index in [0.717, 1.165) is 17.8 Å². The van der Waals surface area contributed by atoms with Crippen LogP contribution in [0.2, 0.25) is 0 Å². The van der Waals surface area contributed by atoms with Crippen molar-refractivity contribution in [2.75, 3.05) is 20.1 Å². The molecule has 86 valence electrons. The predicted octanol–water partition coefficient (Wildman–Crippen LogP) is 3.15. The highest BCUT2D eigenvalue weighted by molar-refractivity contribution is 5.42. The summed E-state index contributed by atoms with van der Waals surface area (Å²) in [5.74, 6) is 2.46. The average molecular weight is 215 g/mol. The third kappa shape index (κ3) is 1.41. The fourth-order valence-electron chi connectivity index (χ4n) is 3.72. The van der Waals surface area contributed by atoms with Gasteiger partial charge in [0.1, 0.15) is 0 Å². The fraction of sp³-hybridized carbons (Fsp3) is 0.600. The summed E-state index contributed by atoms with van der Waals surface area (Å²) in [5.41, 5.74) is 4.68. The Balaban J connectivity index is 2.04. The van der Waals surface area contributed by atoms with Gasteiger partial charge in [0.05, 0.1) is 0 Å². The summed E-state index contributed by atoms with van der Waals surface area (Å²) in [6.07, 6.45) is 1.37. The summed E-state index contributed by atoms with van der Waals surface area (Å²) in [6.45, 7) is 7.17. The van der Waals surface area contributed by atoms with Gasteiger partial charge in [-0.3, -0.25) is 0 Å². The summed E-state index contributed by atoms with van der Waals surface area (Å²) < 4.78 is 0. The van der Waals surface area contributed by atoms with Gasteiger partial charge in [0.25, 0.3) is 0 Å². The number of piperidine rings is 1. The van der Waals surface area contributed by atoms with Gasteiger partial charge in [-0.2, -0.15) is 0 Å². The van der Waals surface area contributed by atoms with Crippen molar-refractivity contribution in [1.29, 1.82) is 0 Å². The van der Waals surface area contributed by atoms with Crippen LogP contribution in [0.5, 0.6) is 0 Å². The molecule has 1 fully saturated rings. The number of benzene rings is 1. The molecule has 16 heavy (non-hydrogen) atoms. The first kappa shape index (κ1) is 10.3. The van der Waals surface area contributed by atoms with Gasteiger partial charge in [-0.1, -0.05) is 30.7 Å². The lowest BCUT2D eigenvalue weighted by atomic mass is 9.82. The highest BCUT2D eigenvalue weighted by atomic mass is 15.1. The van der Waals surface area contributed by atoms with Crippen molar-refractivity contribution in [2.24, 2.45) is 5.92 Å². The fourth-order valence-corrected chi connectivity index (χ4v) is 3.72. The minimum atomic E-state index is 0.772. The Morgan fingerprint density at radius 1 is 1.25 bits per heavy atom. The molecule has 0 bridgehead atoms. The van der Waals surface area contributed by atoms with E-state index in [1.165, 1.54) is 25.1 Å². The van der Waals surface area contributed by atoms with E-state index < -0.39 is 0 Å². The van der Waals surface area contributed by atoms with E-state index in [-0.39, 0.29) is 0 Å². The second-order valence-corrected chi connectivity index (χ2v) is 5.74. The summed E-state index contributed by atoms with van der Waals surface area (Å²) >= 11 is 0. The molecule has 0 N–H and O–H groups in total. The molecule has 3 atom stereocenters. The smallest absolute Gasteiger partial charge is 0.00502 e. The minimum absolute atomic E-state index is 0.772. The summed E-state index contributed by atoms with van der Waals surface area (Å²) in [5, 5.41) is 0. The number of nitrogens with zero attached hydrogens (tertiary/aromatic N) is 1. The molecule has 1 aromatic rings. The van der Waals surface area contributed by atoms with Crippen LogP contribution < -0.4 is 0 Å². The number of likely N-dealkylation sites (N-methyl/N-ethyl adjacent to an activating group) is 1. The lowest BCUT2D eigenvalue weighted by Gasteiger charge is -2.34. The monoisotopic (exact) mass is 215 g/mol. The third-order valence-electron chi connectivity index (χ3n) is 4.64. The molecule has 0 radical (unpaired) electrons. The van der Waals surface area contributed by atoms with Crippen molar-refractivity contribution in [3.8, 4) is 0 Å². The van der Waals surface area contributed by atoms with Gasteiger partial charge in [0.15, 0.2) is 0 Å². The SMILES string of the molecule is Cc1ccc2c(c1)C1CN(C)CCC1C2C. The Morgan fingerprint density at radius 2 is 2.06 bits per heavy atom. The quantitative estimate of drug-likeness (QED) is 0.642. The Morgan fingerprint density at radius 3 is 2.88 bits per heavy atom. The zero-order valence-electron chi connectivity index (χ0n) is 10.5. The van der Waals surface area contributed by atoms with Gasteiger partial charge in [0.2, 0.25) is 0 Å².